The van der Waals surface area contributed by atoms with Crippen molar-refractivity contribution in [3.8, 4) is 11.4 Å². The van der Waals surface area contributed by atoms with Crippen molar-refractivity contribution in [3.63, 3.8) is 0 Å². The van der Waals surface area contributed by atoms with Crippen LogP contribution in [-0.2, 0) is 11.2 Å². The smallest absolute Gasteiger partial charge is 0.354 e. The molecule has 6 aromatic rings. The average molecular weight is 640 g/mol. The molecule has 0 aliphatic carbocycles. The molecular formula is C32H37N11O4. The van der Waals surface area contributed by atoms with E-state index in [1.807, 2.05) is 25.5 Å². The van der Waals surface area contributed by atoms with Gasteiger partial charge < -0.3 is 35.6 Å². The molecule has 1 aliphatic heterocycles. The number of ether oxygens (including phenoxy) is 1. The third kappa shape index (κ3) is 6.82. The highest BCUT2D eigenvalue weighted by Crippen LogP contribution is 2.28. The largest absolute Gasteiger partial charge is 0.394 e. The van der Waals surface area contributed by atoms with Crippen LogP contribution in [-0.4, -0.2) is 79.6 Å². The molecule has 1 saturated heterocycles. The summed E-state index contributed by atoms with van der Waals surface area (Å²) in [6.45, 7) is 6.71. The Morgan fingerprint density at radius 2 is 1.98 bits per heavy atom. The highest BCUT2D eigenvalue weighted by atomic mass is 16.5. The molecule has 5 aromatic heterocycles. The lowest BCUT2D eigenvalue weighted by Gasteiger charge is -2.13. The van der Waals surface area contributed by atoms with Crippen LogP contribution in [0, 0.1) is 6.92 Å². The number of aromatic amines is 1. The third-order valence-electron chi connectivity index (χ3n) is 7.91. The SMILES string of the molecule is Cc1cncc(-c2nc(NCCc3c[nH]c4ccccc34)c3ncn(C(C)C)c3n2)c1.Nc1ncn(C2CC(O)C(CO)O2)c(=O)n1. The number of hydrogen-bond acceptors (Lipinski definition) is 12. The molecule has 1 aliphatic rings. The number of nitrogens with two attached hydrogens (primary N) is 1. The van der Waals surface area contributed by atoms with Crippen molar-refractivity contribution in [3.05, 3.63) is 83.2 Å². The maximum absolute atomic E-state index is 11.4. The van der Waals surface area contributed by atoms with Gasteiger partial charge in [-0.1, -0.05) is 18.2 Å². The molecule has 3 atom stereocenters. The standard InChI is InChI=1S/C24H25N7.C8H12N4O4/c1-15(2)31-14-28-21-23(26-9-8-17-13-27-20-7-5-4-6-19(17)20)29-22(30-24(21)31)18-10-16(3)11-25-12-18;9-7-10-3-12(8(15)11-7)6-1-4(14)5(2-13)16-6/h4-7,10-15,27H,8-9H2,1-3H3,(H,26,29,30);3-6,13-14H,1-2H2,(H2,9,11,15). The van der Waals surface area contributed by atoms with Crippen molar-refractivity contribution in [2.75, 3.05) is 24.2 Å². The lowest BCUT2D eigenvalue weighted by atomic mass is 10.1. The second-order valence-corrected chi connectivity index (χ2v) is 11.6. The Morgan fingerprint density at radius 3 is 2.72 bits per heavy atom. The molecule has 0 spiro atoms. The Morgan fingerprint density at radius 1 is 1.15 bits per heavy atom. The summed E-state index contributed by atoms with van der Waals surface area (Å²) < 4.78 is 8.48. The normalized spacial score (nSPS) is 17.7. The topological polar surface area (TPSA) is 208 Å². The van der Waals surface area contributed by atoms with E-state index in [1.54, 1.807) is 6.20 Å². The number of nitrogens with zero attached hydrogens (tertiary/aromatic N) is 8. The second kappa shape index (κ2) is 13.6. The fourth-order valence-electron chi connectivity index (χ4n) is 5.48. The molecule has 6 heterocycles. The Balaban J connectivity index is 0.000000203. The minimum atomic E-state index is -0.806. The van der Waals surface area contributed by atoms with Crippen molar-refractivity contribution in [2.24, 2.45) is 0 Å². The number of aliphatic hydroxyl groups is 2. The van der Waals surface area contributed by atoms with E-state index in [0.717, 1.165) is 51.2 Å². The van der Waals surface area contributed by atoms with Gasteiger partial charge in [-0.3, -0.25) is 9.55 Å². The summed E-state index contributed by atoms with van der Waals surface area (Å²) in [5.41, 5.74) is 10.7. The van der Waals surface area contributed by atoms with E-state index in [2.05, 4.69) is 79.1 Å². The van der Waals surface area contributed by atoms with Crippen LogP contribution in [0.25, 0.3) is 33.5 Å². The van der Waals surface area contributed by atoms with Gasteiger partial charge in [0, 0.05) is 54.1 Å². The minimum Gasteiger partial charge on any atom is -0.394 e. The van der Waals surface area contributed by atoms with Gasteiger partial charge in [-0.15, -0.1) is 0 Å². The molecule has 0 bridgehead atoms. The molecule has 0 amide bonds. The quantitative estimate of drug-likeness (QED) is 0.163. The number of nitrogens with one attached hydrogen (secondary N) is 2. The van der Waals surface area contributed by atoms with Crippen molar-refractivity contribution < 1.29 is 14.9 Å². The number of aromatic nitrogens is 9. The molecule has 0 radical (unpaired) electrons. The summed E-state index contributed by atoms with van der Waals surface area (Å²) in [6, 6.07) is 10.7. The first-order valence-electron chi connectivity index (χ1n) is 15.3. The monoisotopic (exact) mass is 639 g/mol. The van der Waals surface area contributed by atoms with Crippen LogP contribution < -0.4 is 16.7 Å². The first kappa shape index (κ1) is 31.7. The van der Waals surface area contributed by atoms with Gasteiger partial charge >= 0.3 is 5.69 Å². The molecule has 15 nitrogen and oxygen atoms in total. The van der Waals surface area contributed by atoms with Crippen molar-refractivity contribution in [1.82, 2.24) is 44.0 Å². The zero-order valence-corrected chi connectivity index (χ0v) is 26.3. The molecule has 3 unspecified atom stereocenters. The van der Waals surface area contributed by atoms with Gasteiger partial charge in [0.05, 0.1) is 19.0 Å². The summed E-state index contributed by atoms with van der Waals surface area (Å²) in [4.78, 5) is 40.5. The van der Waals surface area contributed by atoms with Gasteiger partial charge in [0.25, 0.3) is 0 Å². The fourth-order valence-corrected chi connectivity index (χ4v) is 5.48. The number of aliphatic hydroxyl groups excluding tert-OH is 2. The van der Waals surface area contributed by atoms with Crippen LogP contribution in [0.2, 0.25) is 0 Å². The van der Waals surface area contributed by atoms with Gasteiger partial charge in [0.15, 0.2) is 17.3 Å². The summed E-state index contributed by atoms with van der Waals surface area (Å²) in [5.74, 6) is 1.29. The van der Waals surface area contributed by atoms with Crippen LogP contribution >= 0.6 is 0 Å². The van der Waals surface area contributed by atoms with Crippen LogP contribution in [0.3, 0.4) is 0 Å². The van der Waals surface area contributed by atoms with Crippen molar-refractivity contribution in [1.29, 1.82) is 0 Å². The zero-order chi connectivity index (χ0) is 33.1. The number of pyridine rings is 1. The number of anilines is 2. The molecule has 15 heteroatoms. The molecule has 47 heavy (non-hydrogen) atoms. The van der Waals surface area contributed by atoms with Crippen LogP contribution in [0.4, 0.5) is 11.8 Å². The first-order valence-corrected chi connectivity index (χ1v) is 15.3. The van der Waals surface area contributed by atoms with Crippen LogP contribution in [0.15, 0.2) is 66.4 Å². The number of para-hydroxylation sites is 1. The maximum Gasteiger partial charge on any atom is 0.354 e. The molecular weight excluding hydrogens is 602 g/mol. The highest BCUT2D eigenvalue weighted by molar-refractivity contribution is 5.86. The Labute approximate surface area is 269 Å². The summed E-state index contributed by atoms with van der Waals surface area (Å²) in [5, 5.41) is 23.2. The van der Waals surface area contributed by atoms with Gasteiger partial charge in [0.1, 0.15) is 24.2 Å². The van der Waals surface area contributed by atoms with E-state index in [4.69, 9.17) is 25.5 Å². The second-order valence-electron chi connectivity index (χ2n) is 11.6. The van der Waals surface area contributed by atoms with E-state index in [9.17, 15) is 9.90 Å². The molecule has 6 N–H and O–H groups in total. The van der Waals surface area contributed by atoms with E-state index in [0.29, 0.717) is 5.82 Å². The molecule has 1 fully saturated rings. The zero-order valence-electron chi connectivity index (χ0n) is 26.3. The number of nitrogen functional groups attached to an aromatic ring is 1. The predicted molar refractivity (Wildman–Crippen MR) is 176 cm³/mol. The van der Waals surface area contributed by atoms with Gasteiger partial charge in [-0.25, -0.2) is 24.7 Å². The predicted octanol–water partition coefficient (Wildman–Crippen LogP) is 2.77. The number of H-pyrrole nitrogens is 1. The van der Waals surface area contributed by atoms with E-state index < -0.39 is 24.1 Å². The number of rotatable bonds is 8. The van der Waals surface area contributed by atoms with Crippen molar-refractivity contribution >= 4 is 33.8 Å². The van der Waals surface area contributed by atoms with Crippen LogP contribution in [0.5, 0.6) is 0 Å². The Hall–Kier alpha value is -5.25. The summed E-state index contributed by atoms with van der Waals surface area (Å²) in [7, 11) is 0. The fraction of sp³-hybridized carbons (Fsp3) is 0.344. The van der Waals surface area contributed by atoms with Gasteiger partial charge in [-0.05, 0) is 50.5 Å². The lowest BCUT2D eigenvalue weighted by Crippen LogP contribution is -2.28. The Bertz CT molecular complexity index is 2050. The lowest BCUT2D eigenvalue weighted by molar-refractivity contribution is -0.0462. The van der Waals surface area contributed by atoms with E-state index >= 15 is 0 Å². The minimum absolute atomic E-state index is 0.112. The number of benzene rings is 1. The number of aryl methyl sites for hydroxylation is 1. The number of fused-ring (bicyclic) bond motifs is 2. The molecule has 0 saturated carbocycles. The molecule has 7 rings (SSSR count). The highest BCUT2D eigenvalue weighted by Gasteiger charge is 2.35. The van der Waals surface area contributed by atoms with Gasteiger partial charge in [-0.2, -0.15) is 4.98 Å². The Kier molecular flexibility index (Phi) is 9.19. The summed E-state index contributed by atoms with van der Waals surface area (Å²) in [6.07, 6.45) is 7.70. The third-order valence-corrected chi connectivity index (χ3v) is 7.91. The molecule has 244 valence electrons. The number of imidazole rings is 1. The van der Waals surface area contributed by atoms with Crippen molar-refractivity contribution in [2.45, 2.75) is 58.1 Å². The van der Waals surface area contributed by atoms with E-state index in [1.165, 1.54) is 17.3 Å². The van der Waals surface area contributed by atoms with E-state index in [-0.39, 0.29) is 25.0 Å². The number of hydrogen-bond donors (Lipinski definition) is 5. The summed E-state index contributed by atoms with van der Waals surface area (Å²) >= 11 is 0. The average Bonchev–Trinajstić information content (AvgIpc) is 3.78. The molecule has 1 aromatic carbocycles. The van der Waals surface area contributed by atoms with Gasteiger partial charge in [0.2, 0.25) is 5.95 Å². The maximum atomic E-state index is 11.4. The first-order chi connectivity index (χ1) is 22.7. The van der Waals surface area contributed by atoms with Crippen LogP contribution in [0.1, 0.15) is 43.7 Å².